The Morgan fingerprint density at radius 3 is 2.32 bits per heavy atom. The summed E-state index contributed by atoms with van der Waals surface area (Å²) in [5, 5.41) is 11.3. The van der Waals surface area contributed by atoms with Gasteiger partial charge in [0.05, 0.1) is 23.9 Å². The van der Waals surface area contributed by atoms with Crippen LogP contribution in [-0.2, 0) is 6.54 Å². The summed E-state index contributed by atoms with van der Waals surface area (Å²) in [5.41, 5.74) is 0.945. The van der Waals surface area contributed by atoms with Gasteiger partial charge in [-0.1, -0.05) is 30.3 Å². The molecule has 0 aliphatic rings. The third-order valence-electron chi connectivity index (χ3n) is 3.31. The van der Waals surface area contributed by atoms with Crippen LogP contribution in [0.15, 0.2) is 64.2 Å². The number of aromatic nitrogens is 3. The quantitative estimate of drug-likeness (QED) is 0.788. The first-order chi connectivity index (χ1) is 10.7. The van der Waals surface area contributed by atoms with Crippen LogP contribution in [0.4, 0.5) is 0 Å². The molecule has 0 radical (unpaired) electrons. The minimum absolute atomic E-state index is 0.207. The van der Waals surface area contributed by atoms with Gasteiger partial charge in [-0.2, -0.15) is 5.26 Å². The summed E-state index contributed by atoms with van der Waals surface area (Å²) in [5.74, 6) is 0. The lowest BCUT2D eigenvalue weighted by atomic mass is 10.2. The van der Waals surface area contributed by atoms with Gasteiger partial charge in [-0.15, -0.1) is 0 Å². The average Bonchev–Trinajstić information content (AvgIpc) is 2.84. The van der Waals surface area contributed by atoms with Crippen molar-refractivity contribution in [1.29, 1.82) is 5.26 Å². The third-order valence-corrected chi connectivity index (χ3v) is 3.31. The van der Waals surface area contributed by atoms with E-state index in [9.17, 15) is 9.59 Å². The minimum Gasteiger partial charge on any atom is -0.246 e. The molecular weight excluding hydrogens is 280 g/mol. The third kappa shape index (κ3) is 2.47. The van der Waals surface area contributed by atoms with E-state index in [1.165, 1.54) is 4.68 Å². The lowest BCUT2D eigenvalue weighted by Crippen LogP contribution is -2.28. The highest BCUT2D eigenvalue weighted by atomic mass is 16.2. The van der Waals surface area contributed by atoms with Crippen molar-refractivity contribution >= 4 is 0 Å². The normalized spacial score (nSPS) is 10.3. The molecule has 0 saturated heterocycles. The number of nitrogens with one attached hydrogen (secondary N) is 1. The van der Waals surface area contributed by atoms with Crippen molar-refractivity contribution in [2.24, 2.45) is 0 Å². The predicted molar refractivity (Wildman–Crippen MR) is 80.9 cm³/mol. The molecule has 3 aromatic rings. The minimum atomic E-state index is -0.474. The number of rotatable bonds is 3. The van der Waals surface area contributed by atoms with Gasteiger partial charge in [0.2, 0.25) is 0 Å². The van der Waals surface area contributed by atoms with Crippen molar-refractivity contribution in [3.8, 4) is 11.8 Å². The zero-order valence-electron chi connectivity index (χ0n) is 11.6. The number of H-pyrrole nitrogens is 1. The van der Waals surface area contributed by atoms with E-state index in [1.807, 2.05) is 36.4 Å². The van der Waals surface area contributed by atoms with Gasteiger partial charge in [-0.3, -0.25) is 0 Å². The summed E-state index contributed by atoms with van der Waals surface area (Å²) in [6.07, 6.45) is 0. The number of hydrogen-bond acceptors (Lipinski definition) is 3. The smallest absolute Gasteiger partial charge is 0.246 e. The van der Waals surface area contributed by atoms with Crippen molar-refractivity contribution in [3.05, 3.63) is 86.7 Å². The first-order valence-electron chi connectivity index (χ1n) is 6.65. The maximum absolute atomic E-state index is 12.4. The van der Waals surface area contributed by atoms with Gasteiger partial charge >= 0.3 is 11.4 Å². The van der Waals surface area contributed by atoms with Gasteiger partial charge in [0.1, 0.15) is 0 Å². The zero-order chi connectivity index (χ0) is 15.5. The molecule has 0 unspecified atom stereocenters. The number of hydrogen-bond donors (Lipinski definition) is 1. The molecular formula is C16H12N4O2. The van der Waals surface area contributed by atoms with E-state index in [4.69, 9.17) is 5.26 Å². The van der Waals surface area contributed by atoms with E-state index in [0.717, 1.165) is 10.1 Å². The molecule has 0 amide bonds. The van der Waals surface area contributed by atoms with Gasteiger partial charge in [0, 0.05) is 0 Å². The second kappa shape index (κ2) is 5.58. The van der Waals surface area contributed by atoms with Crippen LogP contribution in [0, 0.1) is 11.3 Å². The topological polar surface area (TPSA) is 83.6 Å². The number of benzene rings is 2. The number of nitriles is 1. The summed E-state index contributed by atoms with van der Waals surface area (Å²) >= 11 is 0. The van der Waals surface area contributed by atoms with Crippen molar-refractivity contribution < 1.29 is 0 Å². The fraction of sp³-hybridized carbons (Fsp3) is 0.0625. The molecule has 3 rings (SSSR count). The van der Waals surface area contributed by atoms with E-state index in [1.54, 1.807) is 24.3 Å². The molecule has 0 aliphatic heterocycles. The number of aromatic amines is 1. The lowest BCUT2D eigenvalue weighted by molar-refractivity contribution is 0.723. The first-order valence-corrected chi connectivity index (χ1v) is 6.65. The van der Waals surface area contributed by atoms with Crippen LogP contribution in [0.3, 0.4) is 0 Å². The van der Waals surface area contributed by atoms with Crippen molar-refractivity contribution in [1.82, 2.24) is 14.3 Å². The molecule has 6 heteroatoms. The Morgan fingerprint density at radius 1 is 1.00 bits per heavy atom. The molecule has 6 nitrogen and oxygen atoms in total. The van der Waals surface area contributed by atoms with Gasteiger partial charge in [-0.05, 0) is 29.8 Å². The zero-order valence-corrected chi connectivity index (χ0v) is 11.6. The van der Waals surface area contributed by atoms with Crippen molar-refractivity contribution in [2.45, 2.75) is 6.54 Å². The molecule has 1 aromatic heterocycles. The van der Waals surface area contributed by atoms with Gasteiger partial charge in [0.25, 0.3) is 0 Å². The Labute approximate surface area is 125 Å². The van der Waals surface area contributed by atoms with E-state index in [2.05, 4.69) is 5.10 Å². The van der Waals surface area contributed by atoms with Gasteiger partial charge < -0.3 is 0 Å². The Balaban J connectivity index is 2.01. The maximum Gasteiger partial charge on any atom is 0.352 e. The molecule has 0 aliphatic carbocycles. The molecule has 22 heavy (non-hydrogen) atoms. The molecule has 0 saturated carbocycles. The predicted octanol–water partition coefficient (Wildman–Crippen LogP) is 1.25. The summed E-state index contributed by atoms with van der Waals surface area (Å²) in [4.78, 5) is 24.4. The van der Waals surface area contributed by atoms with E-state index in [-0.39, 0.29) is 6.54 Å². The second-order valence-corrected chi connectivity index (χ2v) is 4.77. The average molecular weight is 292 g/mol. The van der Waals surface area contributed by atoms with Crippen molar-refractivity contribution in [3.63, 3.8) is 0 Å². The molecule has 0 fully saturated rings. The molecule has 2 aromatic carbocycles. The highest BCUT2D eigenvalue weighted by Crippen LogP contribution is 2.05. The monoisotopic (exact) mass is 292 g/mol. The molecule has 0 atom stereocenters. The summed E-state index contributed by atoms with van der Waals surface area (Å²) in [7, 11) is 0. The van der Waals surface area contributed by atoms with Gasteiger partial charge in [0.15, 0.2) is 0 Å². The molecule has 1 N–H and O–H groups in total. The standard InChI is InChI=1S/C16H12N4O2/c17-10-12-6-8-14(9-7-12)20-16(22)19(15(21)18-20)11-13-4-2-1-3-5-13/h1-9H,11H2,(H,18,21). The first kappa shape index (κ1) is 13.6. The SMILES string of the molecule is N#Cc1ccc(-n2[nH]c(=O)n(Cc3ccccc3)c2=O)cc1. The second-order valence-electron chi connectivity index (χ2n) is 4.77. The van der Waals surface area contributed by atoms with Crippen LogP contribution in [0.25, 0.3) is 5.69 Å². The van der Waals surface area contributed by atoms with Crippen molar-refractivity contribution in [2.75, 3.05) is 0 Å². The van der Waals surface area contributed by atoms with E-state index >= 15 is 0 Å². The Bertz CT molecular complexity index is 941. The summed E-state index contributed by atoms with van der Waals surface area (Å²) < 4.78 is 2.31. The molecule has 1 heterocycles. The summed E-state index contributed by atoms with van der Waals surface area (Å²) in [6, 6.07) is 17.7. The Morgan fingerprint density at radius 2 is 1.68 bits per heavy atom. The van der Waals surface area contributed by atoms with Crippen LogP contribution in [-0.4, -0.2) is 14.3 Å². The van der Waals surface area contributed by atoms with Crippen LogP contribution < -0.4 is 11.4 Å². The van der Waals surface area contributed by atoms with E-state index < -0.39 is 11.4 Å². The fourth-order valence-electron chi connectivity index (χ4n) is 2.18. The largest absolute Gasteiger partial charge is 0.352 e. The number of nitrogens with zero attached hydrogens (tertiary/aromatic N) is 3. The highest BCUT2D eigenvalue weighted by molar-refractivity contribution is 5.38. The summed E-state index contributed by atoms with van der Waals surface area (Å²) in [6.45, 7) is 0.207. The Kier molecular flexibility index (Phi) is 3.46. The van der Waals surface area contributed by atoms with E-state index in [0.29, 0.717) is 11.3 Å². The van der Waals surface area contributed by atoms with Crippen LogP contribution in [0.5, 0.6) is 0 Å². The van der Waals surface area contributed by atoms with Crippen LogP contribution in [0.1, 0.15) is 11.1 Å². The highest BCUT2D eigenvalue weighted by Gasteiger charge is 2.10. The molecule has 108 valence electrons. The fourth-order valence-corrected chi connectivity index (χ4v) is 2.18. The molecule has 0 bridgehead atoms. The van der Waals surface area contributed by atoms with Gasteiger partial charge in [-0.25, -0.2) is 23.9 Å². The maximum atomic E-state index is 12.4. The Hall–Kier alpha value is -3.33. The molecule has 0 spiro atoms. The van der Waals surface area contributed by atoms with Crippen LogP contribution >= 0.6 is 0 Å². The van der Waals surface area contributed by atoms with Crippen LogP contribution in [0.2, 0.25) is 0 Å². The lowest BCUT2D eigenvalue weighted by Gasteiger charge is -2.01.